The number of amides is 3. The molecule has 0 bridgehead atoms. The zero-order valence-corrected chi connectivity index (χ0v) is 18.7. The Labute approximate surface area is 194 Å². The smallest absolute Gasteiger partial charge is 0.324 e. The summed E-state index contributed by atoms with van der Waals surface area (Å²) in [5, 5.41) is 22.0. The fraction of sp³-hybridized carbons (Fsp3) is 0.455. The van der Waals surface area contributed by atoms with Crippen molar-refractivity contribution in [2.75, 3.05) is 44.4 Å². The van der Waals surface area contributed by atoms with E-state index in [9.17, 15) is 23.9 Å². The molecule has 3 amide bonds. The minimum absolute atomic E-state index is 0.101. The monoisotopic (exact) mass is 475 g/mol. The predicted octanol–water partition coefficient (Wildman–Crippen LogP) is 0.293. The number of ether oxygens (including phenoxy) is 1. The number of nitrogens with one attached hydrogen (secondary N) is 1. The van der Waals surface area contributed by atoms with E-state index in [0.29, 0.717) is 44.1 Å². The number of rotatable bonds is 7. The maximum absolute atomic E-state index is 14.0. The Kier molecular flexibility index (Phi) is 6.80. The van der Waals surface area contributed by atoms with Crippen molar-refractivity contribution in [3.05, 3.63) is 51.5 Å². The van der Waals surface area contributed by atoms with E-state index in [1.165, 1.54) is 39.6 Å². The van der Waals surface area contributed by atoms with Crippen LogP contribution in [-0.4, -0.2) is 76.1 Å². The highest BCUT2D eigenvalue weighted by Gasteiger charge is 2.31. The van der Waals surface area contributed by atoms with Gasteiger partial charge in [-0.1, -0.05) is 6.07 Å². The molecule has 4 rings (SSSR count). The summed E-state index contributed by atoms with van der Waals surface area (Å²) in [6.45, 7) is 1.43. The van der Waals surface area contributed by atoms with Crippen LogP contribution in [0.5, 0.6) is 5.75 Å². The molecule has 0 aliphatic carbocycles. The second-order valence-corrected chi connectivity index (χ2v) is 8.19. The molecule has 2 aromatic rings. The molecule has 1 aromatic carbocycles. The first-order valence-electron chi connectivity index (χ1n) is 10.9. The van der Waals surface area contributed by atoms with Crippen molar-refractivity contribution in [2.24, 2.45) is 7.05 Å². The van der Waals surface area contributed by atoms with Crippen molar-refractivity contribution in [1.82, 2.24) is 19.8 Å². The van der Waals surface area contributed by atoms with Gasteiger partial charge in [0.15, 0.2) is 5.69 Å². The molecule has 34 heavy (non-hydrogen) atoms. The number of benzene rings is 1. The number of anilines is 1. The molecule has 2 saturated heterocycles. The lowest BCUT2D eigenvalue weighted by atomic mass is 10.1. The molecule has 182 valence electrons. The number of urea groups is 1. The average molecular weight is 475 g/mol. The average Bonchev–Trinajstić information content (AvgIpc) is 3.47. The van der Waals surface area contributed by atoms with Gasteiger partial charge in [-0.3, -0.25) is 19.1 Å². The Morgan fingerprint density at radius 3 is 2.82 bits per heavy atom. The summed E-state index contributed by atoms with van der Waals surface area (Å²) >= 11 is 0. The van der Waals surface area contributed by atoms with Gasteiger partial charge in [0.05, 0.1) is 18.9 Å². The Morgan fingerprint density at radius 2 is 2.12 bits per heavy atom. The first-order chi connectivity index (χ1) is 16.3. The van der Waals surface area contributed by atoms with E-state index in [4.69, 9.17) is 9.84 Å². The third-order valence-corrected chi connectivity index (χ3v) is 6.05. The van der Waals surface area contributed by atoms with Gasteiger partial charge in [-0.15, -0.1) is 0 Å². The number of hydrogen-bond donors (Lipinski definition) is 3. The van der Waals surface area contributed by atoms with Crippen molar-refractivity contribution in [2.45, 2.75) is 18.9 Å². The number of aromatic nitrogens is 2. The molecule has 3 heterocycles. The van der Waals surface area contributed by atoms with E-state index in [1.54, 1.807) is 0 Å². The van der Waals surface area contributed by atoms with Gasteiger partial charge in [0, 0.05) is 45.8 Å². The first kappa shape index (κ1) is 23.6. The zero-order valence-electron chi connectivity index (χ0n) is 18.7. The molecule has 2 aliphatic rings. The van der Waals surface area contributed by atoms with Crippen LogP contribution in [-0.2, 0) is 18.3 Å². The highest BCUT2D eigenvalue weighted by Crippen LogP contribution is 2.27. The van der Waals surface area contributed by atoms with Crippen LogP contribution >= 0.6 is 0 Å². The number of aromatic hydroxyl groups is 1. The lowest BCUT2D eigenvalue weighted by molar-refractivity contribution is 0.0941. The Hall–Kier alpha value is -3.51. The van der Waals surface area contributed by atoms with Gasteiger partial charge in [0.2, 0.25) is 5.75 Å². The molecule has 0 saturated carbocycles. The summed E-state index contributed by atoms with van der Waals surface area (Å²) in [4.78, 5) is 45.1. The molecule has 2 aliphatic heterocycles. The topological polar surface area (TPSA) is 137 Å². The summed E-state index contributed by atoms with van der Waals surface area (Å²) in [7, 11) is 1.47. The van der Waals surface area contributed by atoms with E-state index in [2.05, 4.69) is 10.3 Å². The predicted molar refractivity (Wildman–Crippen MR) is 118 cm³/mol. The van der Waals surface area contributed by atoms with Crippen LogP contribution in [0.1, 0.15) is 34.2 Å². The number of halogens is 1. The number of carbonyl (C=O) groups is 2. The third kappa shape index (κ3) is 4.46. The van der Waals surface area contributed by atoms with Crippen molar-refractivity contribution < 1.29 is 28.9 Å². The number of β-amino-alcohol motifs (C(OH)–C–C–N with tert-alkyl or cyclic N) is 1. The van der Waals surface area contributed by atoms with Crippen molar-refractivity contribution in [1.29, 1.82) is 0 Å². The van der Waals surface area contributed by atoms with Crippen molar-refractivity contribution >= 4 is 17.6 Å². The number of aliphatic hydroxyl groups excluding tert-OH is 1. The maximum atomic E-state index is 14.0. The van der Waals surface area contributed by atoms with Gasteiger partial charge in [-0.25, -0.2) is 14.2 Å². The first-order valence-corrected chi connectivity index (χ1v) is 10.9. The van der Waals surface area contributed by atoms with E-state index in [0.717, 1.165) is 0 Å². The molecule has 12 heteroatoms. The lowest BCUT2D eigenvalue weighted by Gasteiger charge is -2.21. The molecule has 1 aromatic heterocycles. The van der Waals surface area contributed by atoms with Gasteiger partial charge in [0.25, 0.3) is 11.5 Å². The SMILES string of the molecule is Cn1c(C2CCOC2)nc(C(=O)NCc2ccc(F)cc2N2CCN(CCO)C2=O)c(O)c1=O. The van der Waals surface area contributed by atoms with Crippen LogP contribution in [0.2, 0.25) is 0 Å². The summed E-state index contributed by atoms with van der Waals surface area (Å²) in [6.07, 6.45) is 0.641. The summed E-state index contributed by atoms with van der Waals surface area (Å²) in [5.74, 6) is -1.92. The largest absolute Gasteiger partial charge is 0.501 e. The number of aliphatic hydroxyl groups is 1. The second-order valence-electron chi connectivity index (χ2n) is 8.19. The molecule has 1 unspecified atom stereocenters. The second kappa shape index (κ2) is 9.77. The normalized spacial score (nSPS) is 18.1. The van der Waals surface area contributed by atoms with Gasteiger partial charge in [0.1, 0.15) is 11.6 Å². The highest BCUT2D eigenvalue weighted by molar-refractivity contribution is 5.96. The molecule has 11 nitrogen and oxygen atoms in total. The highest BCUT2D eigenvalue weighted by atomic mass is 19.1. The standard InChI is InChI=1S/C22H26FN5O6/c1-26-19(14-4-9-34-12-14)25-17(18(30)21(26)32)20(31)24-11-13-2-3-15(23)10-16(13)28-6-5-27(7-8-29)22(28)33/h2-3,10,14,29-30H,4-9,11-12H2,1H3,(H,24,31). The summed E-state index contributed by atoms with van der Waals surface area (Å²) in [5.41, 5.74) is -0.395. The third-order valence-electron chi connectivity index (χ3n) is 6.05. The van der Waals surface area contributed by atoms with Crippen molar-refractivity contribution in [3.8, 4) is 5.75 Å². The van der Waals surface area contributed by atoms with Gasteiger partial charge >= 0.3 is 6.03 Å². The lowest BCUT2D eigenvalue weighted by Crippen LogP contribution is -2.35. The van der Waals surface area contributed by atoms with Gasteiger partial charge in [-0.05, 0) is 24.1 Å². The molecule has 3 N–H and O–H groups in total. The maximum Gasteiger partial charge on any atom is 0.324 e. The molecule has 2 fully saturated rings. The molecule has 1 atom stereocenters. The van der Waals surface area contributed by atoms with Gasteiger partial charge in [-0.2, -0.15) is 0 Å². The Morgan fingerprint density at radius 1 is 1.32 bits per heavy atom. The van der Waals surface area contributed by atoms with Crippen LogP contribution < -0.4 is 15.8 Å². The van der Waals surface area contributed by atoms with Crippen LogP contribution in [0.4, 0.5) is 14.9 Å². The number of carbonyl (C=O) groups excluding carboxylic acids is 2. The van der Waals surface area contributed by atoms with Crippen molar-refractivity contribution in [3.63, 3.8) is 0 Å². The Balaban J connectivity index is 1.56. The molecular weight excluding hydrogens is 449 g/mol. The van der Waals surface area contributed by atoms with E-state index in [1.807, 2.05) is 0 Å². The summed E-state index contributed by atoms with van der Waals surface area (Å²) < 4.78 is 20.6. The molecule has 0 spiro atoms. The van der Waals surface area contributed by atoms with E-state index in [-0.39, 0.29) is 37.3 Å². The quantitative estimate of drug-likeness (QED) is 0.524. The summed E-state index contributed by atoms with van der Waals surface area (Å²) in [6, 6.07) is 3.49. The Bertz CT molecular complexity index is 1160. The van der Waals surface area contributed by atoms with Gasteiger partial charge < -0.3 is 25.2 Å². The van der Waals surface area contributed by atoms with Crippen LogP contribution in [0.3, 0.4) is 0 Å². The van der Waals surface area contributed by atoms with Crippen LogP contribution in [0.15, 0.2) is 23.0 Å². The minimum Gasteiger partial charge on any atom is -0.501 e. The van der Waals surface area contributed by atoms with Crippen LogP contribution in [0, 0.1) is 5.82 Å². The van der Waals surface area contributed by atoms with E-state index >= 15 is 0 Å². The fourth-order valence-corrected chi connectivity index (χ4v) is 4.20. The number of nitrogens with zero attached hydrogens (tertiary/aromatic N) is 4. The zero-order chi connectivity index (χ0) is 24.4. The van der Waals surface area contributed by atoms with E-state index < -0.39 is 28.7 Å². The molecule has 0 radical (unpaired) electrons. The number of hydrogen-bond acceptors (Lipinski definition) is 7. The minimum atomic E-state index is -0.778. The fourth-order valence-electron chi connectivity index (χ4n) is 4.20. The molecular formula is C22H26FN5O6. The van der Waals surface area contributed by atoms with Crippen LogP contribution in [0.25, 0.3) is 0 Å².